The smallest absolute Gasteiger partial charge is 0.408 e. The first kappa shape index (κ1) is 15.2. The maximum absolute atomic E-state index is 11.3. The second-order valence-corrected chi connectivity index (χ2v) is 3.94. The van der Waals surface area contributed by atoms with Crippen LogP contribution in [0.1, 0.15) is 11.1 Å². The zero-order valence-electron chi connectivity index (χ0n) is 10.7. The molecule has 0 aliphatic carbocycles. The standard InChI is InChI=1S/C14H14N2O4/c1-2-6-20-14(19)16-12(13(17)18)8-10-4-3-5-11(7-10)9-15/h2-5,7,12H,1,6,8H2,(H,16,19)(H,17,18)/t12-/m0/s1. The molecule has 0 radical (unpaired) electrons. The van der Waals surface area contributed by atoms with Crippen molar-refractivity contribution in [2.75, 3.05) is 6.61 Å². The predicted molar refractivity (Wildman–Crippen MR) is 71.0 cm³/mol. The van der Waals surface area contributed by atoms with Crippen molar-refractivity contribution in [2.45, 2.75) is 12.5 Å². The molecule has 1 aromatic carbocycles. The van der Waals surface area contributed by atoms with E-state index in [2.05, 4.69) is 16.6 Å². The lowest BCUT2D eigenvalue weighted by molar-refractivity contribution is -0.139. The molecule has 0 aromatic heterocycles. The number of benzene rings is 1. The van der Waals surface area contributed by atoms with Crippen LogP contribution in [-0.4, -0.2) is 29.8 Å². The van der Waals surface area contributed by atoms with Gasteiger partial charge in [0.1, 0.15) is 12.6 Å². The zero-order valence-corrected chi connectivity index (χ0v) is 10.7. The number of carboxylic acids is 1. The Balaban J connectivity index is 2.72. The number of amides is 1. The van der Waals surface area contributed by atoms with Crippen LogP contribution >= 0.6 is 0 Å². The first-order chi connectivity index (χ1) is 9.56. The molecule has 0 saturated heterocycles. The molecule has 2 N–H and O–H groups in total. The number of nitrogens with zero attached hydrogens (tertiary/aromatic N) is 1. The van der Waals surface area contributed by atoms with Crippen LogP contribution in [0.5, 0.6) is 0 Å². The van der Waals surface area contributed by atoms with Crippen LogP contribution in [0.25, 0.3) is 0 Å². The van der Waals surface area contributed by atoms with E-state index in [4.69, 9.17) is 10.4 Å². The Labute approximate surface area is 116 Å². The van der Waals surface area contributed by atoms with Crippen LogP contribution in [0, 0.1) is 11.3 Å². The van der Waals surface area contributed by atoms with Crippen molar-refractivity contribution in [2.24, 2.45) is 0 Å². The van der Waals surface area contributed by atoms with Crippen molar-refractivity contribution in [3.63, 3.8) is 0 Å². The second-order valence-electron chi connectivity index (χ2n) is 3.94. The minimum Gasteiger partial charge on any atom is -0.480 e. The Bertz CT molecular complexity index is 548. The van der Waals surface area contributed by atoms with Crippen molar-refractivity contribution in [1.29, 1.82) is 5.26 Å². The minimum atomic E-state index is -1.18. The summed E-state index contributed by atoms with van der Waals surface area (Å²) in [7, 11) is 0. The maximum Gasteiger partial charge on any atom is 0.408 e. The molecule has 1 amide bonds. The molecule has 0 aliphatic rings. The molecule has 0 saturated carbocycles. The molecular weight excluding hydrogens is 260 g/mol. The van der Waals surface area contributed by atoms with Crippen molar-refractivity contribution in [3.8, 4) is 6.07 Å². The highest BCUT2D eigenvalue weighted by molar-refractivity contribution is 5.80. The number of carbonyl (C=O) groups is 2. The van der Waals surface area contributed by atoms with Crippen LogP contribution in [-0.2, 0) is 16.0 Å². The van der Waals surface area contributed by atoms with Crippen molar-refractivity contribution in [3.05, 3.63) is 48.0 Å². The van der Waals surface area contributed by atoms with E-state index in [1.54, 1.807) is 24.3 Å². The Hall–Kier alpha value is -2.81. The molecule has 0 unspecified atom stereocenters. The molecule has 0 fully saturated rings. The molecule has 0 aliphatic heterocycles. The summed E-state index contributed by atoms with van der Waals surface area (Å²) in [5, 5.41) is 20.1. The van der Waals surface area contributed by atoms with E-state index in [9.17, 15) is 9.59 Å². The number of carboxylic acid groups (broad SMARTS) is 1. The van der Waals surface area contributed by atoms with Gasteiger partial charge in [0.25, 0.3) is 0 Å². The monoisotopic (exact) mass is 274 g/mol. The van der Waals surface area contributed by atoms with E-state index < -0.39 is 18.1 Å². The molecule has 6 nitrogen and oxygen atoms in total. The van der Waals surface area contributed by atoms with E-state index in [1.165, 1.54) is 6.08 Å². The number of carbonyl (C=O) groups excluding carboxylic acids is 1. The molecule has 0 spiro atoms. The molecule has 6 heteroatoms. The number of hydrogen-bond donors (Lipinski definition) is 2. The summed E-state index contributed by atoms with van der Waals surface area (Å²) in [6, 6.07) is 7.38. The number of nitriles is 1. The molecule has 1 rings (SSSR count). The molecular formula is C14H14N2O4. The minimum absolute atomic E-state index is 0.00207. The van der Waals surface area contributed by atoms with Crippen molar-refractivity contribution >= 4 is 12.1 Å². The molecule has 0 bridgehead atoms. The quantitative estimate of drug-likeness (QED) is 0.765. The van der Waals surface area contributed by atoms with Gasteiger partial charge in [-0.15, -0.1) is 0 Å². The van der Waals surface area contributed by atoms with Gasteiger partial charge in [-0.2, -0.15) is 5.26 Å². The van der Waals surface area contributed by atoms with Gasteiger partial charge < -0.3 is 15.2 Å². The van der Waals surface area contributed by atoms with E-state index in [-0.39, 0.29) is 13.0 Å². The average Bonchev–Trinajstić information content (AvgIpc) is 2.44. The summed E-state index contributed by atoms with van der Waals surface area (Å²) in [6.45, 7) is 3.38. The van der Waals surface area contributed by atoms with Gasteiger partial charge in [-0.25, -0.2) is 9.59 Å². The summed E-state index contributed by atoms with van der Waals surface area (Å²) in [6.07, 6.45) is 0.619. The number of nitrogens with one attached hydrogen (secondary N) is 1. The van der Waals surface area contributed by atoms with Gasteiger partial charge in [0.2, 0.25) is 0 Å². The maximum atomic E-state index is 11.3. The topological polar surface area (TPSA) is 99.4 Å². The van der Waals surface area contributed by atoms with E-state index in [0.29, 0.717) is 11.1 Å². The molecule has 1 aromatic rings. The lowest BCUT2D eigenvalue weighted by atomic mass is 10.0. The molecule has 104 valence electrons. The van der Waals surface area contributed by atoms with Gasteiger partial charge in [0, 0.05) is 6.42 Å². The third-order valence-electron chi connectivity index (χ3n) is 2.42. The fraction of sp³-hybridized carbons (Fsp3) is 0.214. The predicted octanol–water partition coefficient (Wildman–Crippen LogP) is 1.47. The summed E-state index contributed by atoms with van der Waals surface area (Å²) in [5.41, 5.74) is 1.07. The first-order valence-electron chi connectivity index (χ1n) is 5.83. The summed E-state index contributed by atoms with van der Waals surface area (Å²) >= 11 is 0. The van der Waals surface area contributed by atoms with Crippen LogP contribution in [0.2, 0.25) is 0 Å². The molecule has 20 heavy (non-hydrogen) atoms. The van der Waals surface area contributed by atoms with Gasteiger partial charge >= 0.3 is 12.1 Å². The summed E-state index contributed by atoms with van der Waals surface area (Å²) in [4.78, 5) is 22.4. The van der Waals surface area contributed by atoms with Crippen LogP contribution in [0.4, 0.5) is 4.79 Å². The number of rotatable bonds is 6. The van der Waals surface area contributed by atoms with E-state index in [1.807, 2.05) is 6.07 Å². The highest BCUT2D eigenvalue weighted by Crippen LogP contribution is 2.07. The second kappa shape index (κ2) is 7.59. The number of aliphatic carboxylic acids is 1. The Morgan fingerprint density at radius 2 is 2.30 bits per heavy atom. The molecule has 0 heterocycles. The third kappa shape index (κ3) is 4.82. The van der Waals surface area contributed by atoms with Gasteiger partial charge in [-0.1, -0.05) is 24.8 Å². The fourth-order valence-corrected chi connectivity index (χ4v) is 1.52. The van der Waals surface area contributed by atoms with Crippen LogP contribution in [0.3, 0.4) is 0 Å². The number of ether oxygens (including phenoxy) is 1. The Morgan fingerprint density at radius 1 is 1.55 bits per heavy atom. The first-order valence-corrected chi connectivity index (χ1v) is 5.83. The van der Waals surface area contributed by atoms with Crippen LogP contribution in [0.15, 0.2) is 36.9 Å². The normalized spacial score (nSPS) is 10.9. The lowest BCUT2D eigenvalue weighted by Crippen LogP contribution is -2.42. The Morgan fingerprint density at radius 3 is 2.90 bits per heavy atom. The highest BCUT2D eigenvalue weighted by Gasteiger charge is 2.21. The van der Waals surface area contributed by atoms with Gasteiger partial charge in [0.05, 0.1) is 11.6 Å². The molecule has 1 atom stereocenters. The van der Waals surface area contributed by atoms with Crippen LogP contribution < -0.4 is 5.32 Å². The van der Waals surface area contributed by atoms with E-state index >= 15 is 0 Å². The van der Waals surface area contributed by atoms with Gasteiger partial charge in [0.15, 0.2) is 0 Å². The highest BCUT2D eigenvalue weighted by atomic mass is 16.5. The van der Waals surface area contributed by atoms with Gasteiger partial charge in [-0.05, 0) is 17.7 Å². The van der Waals surface area contributed by atoms with Gasteiger partial charge in [-0.3, -0.25) is 0 Å². The summed E-state index contributed by atoms with van der Waals surface area (Å²) in [5.74, 6) is -1.18. The van der Waals surface area contributed by atoms with Crippen molar-refractivity contribution < 1.29 is 19.4 Å². The fourth-order valence-electron chi connectivity index (χ4n) is 1.52. The lowest BCUT2D eigenvalue weighted by Gasteiger charge is -2.14. The summed E-state index contributed by atoms with van der Waals surface area (Å²) < 4.78 is 4.67. The zero-order chi connectivity index (χ0) is 15.0. The number of alkyl carbamates (subject to hydrolysis) is 1. The third-order valence-corrected chi connectivity index (χ3v) is 2.42. The average molecular weight is 274 g/mol. The largest absolute Gasteiger partial charge is 0.480 e. The SMILES string of the molecule is C=CCOC(=O)N[C@@H](Cc1cccc(C#N)c1)C(=O)O. The van der Waals surface area contributed by atoms with E-state index in [0.717, 1.165) is 0 Å². The number of hydrogen-bond acceptors (Lipinski definition) is 4. The van der Waals surface area contributed by atoms with Crippen molar-refractivity contribution in [1.82, 2.24) is 5.32 Å². The Kier molecular flexibility index (Phi) is 5.78.